The molecule has 0 spiro atoms. The van der Waals surface area contributed by atoms with E-state index < -0.39 is 0 Å². The van der Waals surface area contributed by atoms with E-state index in [0.29, 0.717) is 6.54 Å². The van der Waals surface area contributed by atoms with Crippen LogP contribution in [0.4, 0.5) is 10.5 Å². The number of amides is 2. The third-order valence-electron chi connectivity index (χ3n) is 3.81. The topological polar surface area (TPSA) is 44.4 Å². The Morgan fingerprint density at radius 2 is 1.80 bits per heavy atom. The molecule has 0 radical (unpaired) electrons. The largest absolute Gasteiger partial charge is 0.337 e. The van der Waals surface area contributed by atoms with Gasteiger partial charge in [-0.25, -0.2) is 4.79 Å². The second-order valence-corrected chi connectivity index (χ2v) is 5.46. The first-order chi connectivity index (χ1) is 9.15. The first kappa shape index (κ1) is 17.0. The Balaban J connectivity index is 0.00000200. The third kappa shape index (κ3) is 5.13. The fourth-order valence-corrected chi connectivity index (χ4v) is 2.46. The molecule has 2 atom stereocenters. The molecule has 2 unspecified atom stereocenters. The maximum atomic E-state index is 11.7. The highest BCUT2D eigenvalue weighted by Gasteiger charge is 2.25. The predicted molar refractivity (Wildman–Crippen MR) is 88.6 cm³/mol. The number of benzene rings is 1. The van der Waals surface area contributed by atoms with Crippen LogP contribution in [0.25, 0.3) is 0 Å². The van der Waals surface area contributed by atoms with Crippen LogP contribution in [0.5, 0.6) is 0 Å². The number of rotatable bonds is 4. The minimum absolute atomic E-state index is 0. The molecule has 20 heavy (non-hydrogen) atoms. The summed E-state index contributed by atoms with van der Waals surface area (Å²) >= 11 is 0. The molecule has 0 bridgehead atoms. The number of urea groups is 1. The average Bonchev–Trinajstić information content (AvgIpc) is 2.70. The van der Waals surface area contributed by atoms with Crippen molar-refractivity contribution >= 4 is 28.7 Å². The molecule has 4 nitrogen and oxygen atoms in total. The van der Waals surface area contributed by atoms with Crippen molar-refractivity contribution in [1.29, 1.82) is 0 Å². The molecule has 0 aromatic heterocycles. The first-order valence-corrected chi connectivity index (χ1v) is 6.97. The van der Waals surface area contributed by atoms with Gasteiger partial charge >= 0.3 is 6.03 Å². The van der Waals surface area contributed by atoms with Gasteiger partial charge in [0.05, 0.1) is 0 Å². The number of carbonyl (C=O) groups is 1. The van der Waals surface area contributed by atoms with E-state index in [2.05, 4.69) is 29.4 Å². The van der Waals surface area contributed by atoms with E-state index >= 15 is 0 Å². The van der Waals surface area contributed by atoms with Crippen molar-refractivity contribution in [1.82, 2.24) is 10.2 Å². The summed E-state index contributed by atoms with van der Waals surface area (Å²) in [6.07, 6.45) is 0. The molecule has 5 heteroatoms. The van der Waals surface area contributed by atoms with Crippen LogP contribution in [-0.4, -0.2) is 37.1 Å². The number of likely N-dealkylation sites (tertiary alicyclic amines) is 1. The quantitative estimate of drug-likeness (QED) is 0.884. The lowest BCUT2D eigenvalue weighted by Crippen LogP contribution is -2.36. The fourth-order valence-electron chi connectivity index (χ4n) is 2.46. The smallest absolute Gasteiger partial charge is 0.319 e. The predicted octanol–water partition coefficient (Wildman–Crippen LogP) is 2.97. The van der Waals surface area contributed by atoms with Crippen LogP contribution in [0.15, 0.2) is 30.3 Å². The van der Waals surface area contributed by atoms with E-state index in [9.17, 15) is 4.79 Å². The van der Waals surface area contributed by atoms with Crippen molar-refractivity contribution in [2.24, 2.45) is 11.8 Å². The van der Waals surface area contributed by atoms with Gasteiger partial charge in [0, 0.05) is 31.9 Å². The van der Waals surface area contributed by atoms with E-state index in [0.717, 1.165) is 37.2 Å². The van der Waals surface area contributed by atoms with Gasteiger partial charge < -0.3 is 15.5 Å². The SMILES string of the molecule is Br.CC1CN(CCNC(=O)Nc2ccccc2)CC1C. The number of hydrogen-bond acceptors (Lipinski definition) is 2. The number of nitrogens with one attached hydrogen (secondary N) is 2. The zero-order chi connectivity index (χ0) is 13.7. The zero-order valence-electron chi connectivity index (χ0n) is 12.1. The lowest BCUT2D eigenvalue weighted by molar-refractivity contribution is 0.249. The van der Waals surface area contributed by atoms with Crippen LogP contribution < -0.4 is 10.6 Å². The standard InChI is InChI=1S/C15H23N3O.BrH/c1-12-10-18(11-13(12)2)9-8-16-15(19)17-14-6-4-3-5-7-14;/h3-7,12-13H,8-11H2,1-2H3,(H2,16,17,19);1H. The van der Waals surface area contributed by atoms with Crippen molar-refractivity contribution in [3.63, 3.8) is 0 Å². The second-order valence-electron chi connectivity index (χ2n) is 5.46. The van der Waals surface area contributed by atoms with E-state index in [1.165, 1.54) is 0 Å². The highest BCUT2D eigenvalue weighted by atomic mass is 79.9. The summed E-state index contributed by atoms with van der Waals surface area (Å²) in [5, 5.41) is 5.71. The van der Waals surface area contributed by atoms with Crippen LogP contribution in [0.1, 0.15) is 13.8 Å². The van der Waals surface area contributed by atoms with Crippen LogP contribution in [0, 0.1) is 11.8 Å². The molecule has 1 saturated heterocycles. The molecule has 0 aliphatic carbocycles. The normalized spacial score (nSPS) is 22.1. The lowest BCUT2D eigenvalue weighted by atomic mass is 10.0. The minimum Gasteiger partial charge on any atom is -0.337 e. The monoisotopic (exact) mass is 341 g/mol. The maximum Gasteiger partial charge on any atom is 0.319 e. The van der Waals surface area contributed by atoms with Gasteiger partial charge in [0.15, 0.2) is 0 Å². The van der Waals surface area contributed by atoms with Crippen LogP contribution in [0.3, 0.4) is 0 Å². The van der Waals surface area contributed by atoms with E-state index in [-0.39, 0.29) is 23.0 Å². The van der Waals surface area contributed by atoms with E-state index in [1.807, 2.05) is 30.3 Å². The summed E-state index contributed by atoms with van der Waals surface area (Å²) in [6, 6.07) is 9.36. The molecule has 1 heterocycles. The zero-order valence-corrected chi connectivity index (χ0v) is 13.8. The Morgan fingerprint density at radius 1 is 1.20 bits per heavy atom. The van der Waals surface area contributed by atoms with Gasteiger partial charge in [0.2, 0.25) is 0 Å². The molecule has 1 aliphatic heterocycles. The molecule has 0 saturated carbocycles. The molecule has 1 aromatic carbocycles. The number of carbonyl (C=O) groups excluding carboxylic acids is 1. The van der Waals surface area contributed by atoms with E-state index in [4.69, 9.17) is 0 Å². The molecule has 1 fully saturated rings. The number of anilines is 1. The van der Waals surface area contributed by atoms with Crippen molar-refractivity contribution < 1.29 is 4.79 Å². The minimum atomic E-state index is -0.133. The molecular formula is C15H24BrN3O. The molecule has 2 N–H and O–H groups in total. The maximum absolute atomic E-state index is 11.7. The van der Waals surface area contributed by atoms with Crippen LogP contribution in [0.2, 0.25) is 0 Å². The number of para-hydroxylation sites is 1. The van der Waals surface area contributed by atoms with Gasteiger partial charge in [-0.15, -0.1) is 17.0 Å². The highest BCUT2D eigenvalue weighted by Crippen LogP contribution is 2.21. The van der Waals surface area contributed by atoms with Gasteiger partial charge in [-0.05, 0) is 24.0 Å². The van der Waals surface area contributed by atoms with Crippen molar-refractivity contribution in [3.8, 4) is 0 Å². The Morgan fingerprint density at radius 3 is 2.40 bits per heavy atom. The number of halogens is 1. The average molecular weight is 342 g/mol. The van der Waals surface area contributed by atoms with Gasteiger partial charge in [0.25, 0.3) is 0 Å². The Hall–Kier alpha value is -1.07. The van der Waals surface area contributed by atoms with Crippen LogP contribution >= 0.6 is 17.0 Å². The van der Waals surface area contributed by atoms with Crippen molar-refractivity contribution in [2.45, 2.75) is 13.8 Å². The van der Waals surface area contributed by atoms with Crippen molar-refractivity contribution in [3.05, 3.63) is 30.3 Å². The molecular weight excluding hydrogens is 318 g/mol. The summed E-state index contributed by atoms with van der Waals surface area (Å²) in [4.78, 5) is 14.1. The fraction of sp³-hybridized carbons (Fsp3) is 0.533. The Bertz CT molecular complexity index is 403. The van der Waals surface area contributed by atoms with E-state index in [1.54, 1.807) is 0 Å². The summed E-state index contributed by atoms with van der Waals surface area (Å²) in [5.41, 5.74) is 0.823. The molecule has 1 aromatic rings. The number of nitrogens with zero attached hydrogens (tertiary/aromatic N) is 1. The third-order valence-corrected chi connectivity index (χ3v) is 3.81. The molecule has 2 rings (SSSR count). The molecule has 1 aliphatic rings. The molecule has 2 amide bonds. The Kier molecular flexibility index (Phi) is 7.02. The Labute approximate surface area is 131 Å². The summed E-state index contributed by atoms with van der Waals surface area (Å²) in [5.74, 6) is 1.52. The summed E-state index contributed by atoms with van der Waals surface area (Å²) in [7, 11) is 0. The van der Waals surface area contributed by atoms with Gasteiger partial charge in [-0.1, -0.05) is 32.0 Å². The van der Waals surface area contributed by atoms with Gasteiger partial charge in [-0.3, -0.25) is 0 Å². The van der Waals surface area contributed by atoms with Gasteiger partial charge in [-0.2, -0.15) is 0 Å². The first-order valence-electron chi connectivity index (χ1n) is 6.97. The van der Waals surface area contributed by atoms with Gasteiger partial charge in [0.1, 0.15) is 0 Å². The lowest BCUT2D eigenvalue weighted by Gasteiger charge is -2.15. The molecule has 112 valence electrons. The van der Waals surface area contributed by atoms with Crippen molar-refractivity contribution in [2.75, 3.05) is 31.5 Å². The summed E-state index contributed by atoms with van der Waals surface area (Å²) in [6.45, 7) is 8.49. The second kappa shape index (κ2) is 8.27. The highest BCUT2D eigenvalue weighted by molar-refractivity contribution is 8.93. The van der Waals surface area contributed by atoms with Crippen LogP contribution in [-0.2, 0) is 0 Å². The summed E-state index contributed by atoms with van der Waals surface area (Å²) < 4.78 is 0. The number of hydrogen-bond donors (Lipinski definition) is 2.